The van der Waals surface area contributed by atoms with E-state index in [1.54, 1.807) is 18.8 Å². The monoisotopic (exact) mass is 345 g/mol. The van der Waals surface area contributed by atoms with Crippen LogP contribution in [0.1, 0.15) is 26.2 Å². The maximum atomic E-state index is 11.3. The lowest BCUT2D eigenvalue weighted by molar-refractivity contribution is -0.145. The van der Waals surface area contributed by atoms with Gasteiger partial charge in [-0.15, -0.1) is 11.8 Å². The summed E-state index contributed by atoms with van der Waals surface area (Å²) in [6, 6.07) is 8.08. The van der Waals surface area contributed by atoms with Crippen LogP contribution in [-0.4, -0.2) is 29.4 Å². The summed E-state index contributed by atoms with van der Waals surface area (Å²) in [4.78, 5) is 12.5. The number of hydrogen-bond acceptors (Lipinski definition) is 3. The van der Waals surface area contributed by atoms with Crippen LogP contribution in [0, 0.1) is 0 Å². The molecule has 1 aromatic rings. The van der Waals surface area contributed by atoms with Crippen molar-refractivity contribution < 1.29 is 9.90 Å². The number of thioether (sulfide) groups is 1. The van der Waals surface area contributed by atoms with E-state index in [2.05, 4.69) is 27.3 Å². The Kier molecular flexibility index (Phi) is 6.89. The Balaban J connectivity index is 2.46. The van der Waals surface area contributed by atoms with Gasteiger partial charge in [0.25, 0.3) is 0 Å². The van der Waals surface area contributed by atoms with E-state index in [9.17, 15) is 9.90 Å². The standard InChI is InChI=1S/C14H20BrNO2S/c1-3-14(16-2,13(17)18)9-6-10-19-12-8-5-4-7-11(12)15/h4-5,7-8,16H,3,6,9-10H2,1-2H3,(H,17,18). The Labute approximate surface area is 127 Å². The van der Waals surface area contributed by atoms with Crippen LogP contribution in [0.2, 0.25) is 0 Å². The lowest BCUT2D eigenvalue weighted by Gasteiger charge is -2.27. The minimum Gasteiger partial charge on any atom is -0.480 e. The SMILES string of the molecule is CCC(CCCSc1ccccc1Br)(NC)C(=O)O. The molecule has 1 aromatic carbocycles. The van der Waals surface area contributed by atoms with Crippen LogP contribution < -0.4 is 5.32 Å². The van der Waals surface area contributed by atoms with Crippen LogP contribution in [0.3, 0.4) is 0 Å². The average molecular weight is 346 g/mol. The first kappa shape index (κ1) is 16.5. The van der Waals surface area contributed by atoms with Crippen molar-refractivity contribution >= 4 is 33.7 Å². The fourth-order valence-electron chi connectivity index (χ4n) is 1.96. The highest BCUT2D eigenvalue weighted by Crippen LogP contribution is 2.28. The van der Waals surface area contributed by atoms with E-state index in [1.807, 2.05) is 25.1 Å². The second kappa shape index (κ2) is 7.92. The largest absolute Gasteiger partial charge is 0.480 e. The predicted molar refractivity (Wildman–Crippen MR) is 83.8 cm³/mol. The third kappa shape index (κ3) is 4.51. The average Bonchev–Trinajstić information content (AvgIpc) is 2.41. The molecule has 0 radical (unpaired) electrons. The van der Waals surface area contributed by atoms with Gasteiger partial charge in [0.1, 0.15) is 5.54 Å². The van der Waals surface area contributed by atoms with Gasteiger partial charge < -0.3 is 10.4 Å². The van der Waals surface area contributed by atoms with Gasteiger partial charge in [-0.3, -0.25) is 4.79 Å². The zero-order valence-corrected chi connectivity index (χ0v) is 13.7. The lowest BCUT2D eigenvalue weighted by Crippen LogP contribution is -2.49. The first-order valence-corrected chi connectivity index (χ1v) is 8.13. The van der Waals surface area contributed by atoms with Gasteiger partial charge in [-0.1, -0.05) is 19.1 Å². The Bertz CT molecular complexity index is 422. The molecule has 0 bridgehead atoms. The van der Waals surface area contributed by atoms with Gasteiger partial charge in [-0.25, -0.2) is 0 Å². The molecule has 5 heteroatoms. The van der Waals surface area contributed by atoms with Gasteiger partial charge >= 0.3 is 5.97 Å². The van der Waals surface area contributed by atoms with E-state index in [0.29, 0.717) is 12.8 Å². The van der Waals surface area contributed by atoms with E-state index in [4.69, 9.17) is 0 Å². The number of aliphatic carboxylic acids is 1. The Morgan fingerprint density at radius 1 is 1.47 bits per heavy atom. The Morgan fingerprint density at radius 2 is 2.16 bits per heavy atom. The molecule has 0 saturated carbocycles. The third-order valence-electron chi connectivity index (χ3n) is 3.33. The Hall–Kier alpha value is -0.520. The van der Waals surface area contributed by atoms with E-state index < -0.39 is 11.5 Å². The second-order valence-electron chi connectivity index (χ2n) is 4.37. The molecule has 0 amide bonds. The molecule has 0 fully saturated rings. The van der Waals surface area contributed by atoms with Gasteiger partial charge in [-0.05, 0) is 60.1 Å². The molecule has 19 heavy (non-hydrogen) atoms. The van der Waals surface area contributed by atoms with E-state index in [1.165, 1.54) is 4.90 Å². The van der Waals surface area contributed by atoms with E-state index in [-0.39, 0.29) is 0 Å². The quantitative estimate of drug-likeness (QED) is 0.556. The number of nitrogens with one attached hydrogen (secondary N) is 1. The van der Waals surface area contributed by atoms with Gasteiger partial charge in [0.2, 0.25) is 0 Å². The first-order valence-electron chi connectivity index (χ1n) is 6.35. The van der Waals surface area contributed by atoms with Gasteiger partial charge in [0.05, 0.1) is 0 Å². The van der Waals surface area contributed by atoms with Crippen LogP contribution >= 0.6 is 27.7 Å². The number of benzene rings is 1. The molecule has 0 spiro atoms. The van der Waals surface area contributed by atoms with Crippen LogP contribution in [0.25, 0.3) is 0 Å². The van der Waals surface area contributed by atoms with Crippen molar-refractivity contribution in [1.82, 2.24) is 5.32 Å². The van der Waals surface area contributed by atoms with Gasteiger partial charge in [-0.2, -0.15) is 0 Å². The maximum absolute atomic E-state index is 11.3. The summed E-state index contributed by atoms with van der Waals surface area (Å²) in [5, 5.41) is 12.3. The highest BCUT2D eigenvalue weighted by molar-refractivity contribution is 9.10. The van der Waals surface area contributed by atoms with Gasteiger partial charge in [0.15, 0.2) is 0 Å². The van der Waals surface area contributed by atoms with Crippen molar-refractivity contribution in [1.29, 1.82) is 0 Å². The summed E-state index contributed by atoms with van der Waals surface area (Å²) >= 11 is 5.26. The van der Waals surface area contributed by atoms with Crippen LogP contribution in [-0.2, 0) is 4.79 Å². The summed E-state index contributed by atoms with van der Waals surface area (Å²) in [6.45, 7) is 1.91. The summed E-state index contributed by atoms with van der Waals surface area (Å²) in [6.07, 6.45) is 2.11. The number of halogens is 1. The van der Waals surface area contributed by atoms with E-state index in [0.717, 1.165) is 16.6 Å². The maximum Gasteiger partial charge on any atom is 0.323 e. The Morgan fingerprint density at radius 3 is 2.68 bits per heavy atom. The summed E-state index contributed by atoms with van der Waals surface area (Å²) in [5.74, 6) is 0.155. The molecule has 1 rings (SSSR count). The number of hydrogen-bond donors (Lipinski definition) is 2. The van der Waals surface area contributed by atoms with Crippen molar-refractivity contribution in [2.45, 2.75) is 36.6 Å². The van der Waals surface area contributed by atoms with Crippen LogP contribution in [0.15, 0.2) is 33.6 Å². The molecular weight excluding hydrogens is 326 g/mol. The zero-order valence-electron chi connectivity index (χ0n) is 11.3. The summed E-state index contributed by atoms with van der Waals surface area (Å²) in [5.41, 5.74) is -0.783. The number of carboxylic acids is 1. The van der Waals surface area contributed by atoms with Crippen molar-refractivity contribution in [3.63, 3.8) is 0 Å². The second-order valence-corrected chi connectivity index (χ2v) is 6.36. The van der Waals surface area contributed by atoms with Crippen LogP contribution in [0.5, 0.6) is 0 Å². The molecule has 3 nitrogen and oxygen atoms in total. The third-order valence-corrected chi connectivity index (χ3v) is 5.45. The fraction of sp³-hybridized carbons (Fsp3) is 0.500. The summed E-state index contributed by atoms with van der Waals surface area (Å²) < 4.78 is 1.09. The summed E-state index contributed by atoms with van der Waals surface area (Å²) in [7, 11) is 1.72. The van der Waals surface area contributed by atoms with E-state index >= 15 is 0 Å². The molecule has 0 heterocycles. The fourth-order valence-corrected chi connectivity index (χ4v) is 3.48. The van der Waals surface area contributed by atoms with Crippen molar-refractivity contribution in [2.75, 3.05) is 12.8 Å². The number of carbonyl (C=O) groups is 1. The van der Waals surface area contributed by atoms with Crippen molar-refractivity contribution in [3.8, 4) is 0 Å². The molecule has 1 atom stereocenters. The highest BCUT2D eigenvalue weighted by Gasteiger charge is 2.33. The smallest absolute Gasteiger partial charge is 0.323 e. The molecule has 106 valence electrons. The minimum atomic E-state index is -0.783. The molecule has 1 unspecified atom stereocenters. The predicted octanol–water partition coefficient (Wildman–Crippen LogP) is 3.77. The highest BCUT2D eigenvalue weighted by atomic mass is 79.9. The molecular formula is C14H20BrNO2S. The molecule has 0 aromatic heterocycles. The zero-order chi connectivity index (χ0) is 14.3. The molecule has 0 aliphatic carbocycles. The minimum absolute atomic E-state index is 0.596. The number of likely N-dealkylation sites (N-methyl/N-ethyl adjacent to an activating group) is 1. The first-order chi connectivity index (χ1) is 9.05. The lowest BCUT2D eigenvalue weighted by atomic mass is 9.91. The topological polar surface area (TPSA) is 49.3 Å². The number of rotatable bonds is 8. The molecule has 0 aliphatic rings. The molecule has 2 N–H and O–H groups in total. The van der Waals surface area contributed by atoms with Crippen LogP contribution in [0.4, 0.5) is 0 Å². The van der Waals surface area contributed by atoms with Crippen molar-refractivity contribution in [3.05, 3.63) is 28.7 Å². The number of carboxylic acid groups (broad SMARTS) is 1. The molecule has 0 saturated heterocycles. The van der Waals surface area contributed by atoms with Gasteiger partial charge in [0, 0.05) is 9.37 Å². The molecule has 0 aliphatic heterocycles. The van der Waals surface area contributed by atoms with Crippen molar-refractivity contribution in [2.24, 2.45) is 0 Å². The normalized spacial score (nSPS) is 14.1.